The third-order valence-electron chi connectivity index (χ3n) is 5.77. The lowest BCUT2D eigenvalue weighted by Gasteiger charge is -2.40. The van der Waals surface area contributed by atoms with Crippen LogP contribution in [0, 0.1) is 0 Å². The minimum absolute atomic E-state index is 0.0919. The molecule has 1 N–H and O–H groups in total. The van der Waals surface area contributed by atoms with E-state index in [1.165, 1.54) is 16.0 Å². The summed E-state index contributed by atoms with van der Waals surface area (Å²) in [5, 5.41) is 2.89. The molecule has 0 saturated carbocycles. The standard InChI is InChI=1S/C18H23N3O3/c1-12(14-4-3-13-5-10-24-15(13)11-14)21-8-6-18(7-9-21)16(22)20(2)17(23)19-18/h3-4,11-12H,5-10H2,1-2H3,(H,19,23)/t12-/m0/s1. The molecule has 0 bridgehead atoms. The van der Waals surface area contributed by atoms with Crippen molar-refractivity contribution in [2.75, 3.05) is 26.7 Å². The van der Waals surface area contributed by atoms with Crippen molar-refractivity contribution < 1.29 is 14.3 Å². The van der Waals surface area contributed by atoms with E-state index in [2.05, 4.69) is 35.3 Å². The minimum atomic E-state index is -0.691. The van der Waals surface area contributed by atoms with Crippen molar-refractivity contribution in [3.63, 3.8) is 0 Å². The van der Waals surface area contributed by atoms with Crippen molar-refractivity contribution in [2.24, 2.45) is 0 Å². The fraction of sp³-hybridized carbons (Fsp3) is 0.556. The highest BCUT2D eigenvalue weighted by Gasteiger charge is 2.51. The quantitative estimate of drug-likeness (QED) is 0.839. The molecule has 6 heteroatoms. The van der Waals surface area contributed by atoms with Crippen molar-refractivity contribution in [1.29, 1.82) is 0 Å². The number of hydrogen-bond acceptors (Lipinski definition) is 4. The molecule has 1 atom stereocenters. The summed E-state index contributed by atoms with van der Waals surface area (Å²) in [7, 11) is 1.55. The second-order valence-corrected chi connectivity index (χ2v) is 7.05. The van der Waals surface area contributed by atoms with Crippen LogP contribution in [0.2, 0.25) is 0 Å². The molecular formula is C18H23N3O3. The van der Waals surface area contributed by atoms with Crippen LogP contribution in [0.15, 0.2) is 18.2 Å². The van der Waals surface area contributed by atoms with E-state index in [1.54, 1.807) is 7.05 Å². The van der Waals surface area contributed by atoms with E-state index in [-0.39, 0.29) is 18.0 Å². The van der Waals surface area contributed by atoms with Crippen LogP contribution >= 0.6 is 0 Å². The molecule has 0 unspecified atom stereocenters. The first-order chi connectivity index (χ1) is 11.5. The summed E-state index contributed by atoms with van der Waals surface area (Å²) in [5.41, 5.74) is 1.83. The van der Waals surface area contributed by atoms with E-state index in [9.17, 15) is 9.59 Å². The molecule has 128 valence electrons. The summed E-state index contributed by atoms with van der Waals surface area (Å²) >= 11 is 0. The van der Waals surface area contributed by atoms with Gasteiger partial charge in [-0.15, -0.1) is 0 Å². The van der Waals surface area contributed by atoms with Gasteiger partial charge in [0.1, 0.15) is 11.3 Å². The highest BCUT2D eigenvalue weighted by molar-refractivity contribution is 6.06. The molecule has 2 fully saturated rings. The van der Waals surface area contributed by atoms with Gasteiger partial charge in [-0.3, -0.25) is 14.6 Å². The predicted octanol–water partition coefficient (Wildman–Crippen LogP) is 1.70. The third-order valence-corrected chi connectivity index (χ3v) is 5.77. The van der Waals surface area contributed by atoms with Gasteiger partial charge < -0.3 is 10.1 Å². The Morgan fingerprint density at radius 1 is 1.25 bits per heavy atom. The summed E-state index contributed by atoms with van der Waals surface area (Å²) in [4.78, 5) is 27.7. The van der Waals surface area contributed by atoms with Crippen molar-refractivity contribution in [2.45, 2.75) is 37.8 Å². The molecule has 3 aliphatic heterocycles. The fourth-order valence-corrected chi connectivity index (χ4v) is 4.04. The van der Waals surface area contributed by atoms with Crippen LogP contribution in [0.25, 0.3) is 0 Å². The zero-order chi connectivity index (χ0) is 16.9. The molecule has 3 aliphatic rings. The molecule has 0 aliphatic carbocycles. The number of likely N-dealkylation sites (N-methyl/N-ethyl adjacent to an activating group) is 1. The number of amides is 3. The number of benzene rings is 1. The molecule has 0 aromatic heterocycles. The highest BCUT2D eigenvalue weighted by Crippen LogP contribution is 2.35. The Balaban J connectivity index is 1.46. The predicted molar refractivity (Wildman–Crippen MR) is 88.9 cm³/mol. The lowest BCUT2D eigenvalue weighted by molar-refractivity contribution is -0.132. The summed E-state index contributed by atoms with van der Waals surface area (Å²) in [6.07, 6.45) is 2.31. The molecule has 1 aromatic rings. The molecule has 1 aromatic carbocycles. The third kappa shape index (κ3) is 2.28. The Morgan fingerprint density at radius 3 is 2.67 bits per heavy atom. The summed E-state index contributed by atoms with van der Waals surface area (Å²) in [5.74, 6) is 0.915. The van der Waals surface area contributed by atoms with Gasteiger partial charge in [0.15, 0.2) is 0 Å². The monoisotopic (exact) mass is 329 g/mol. The van der Waals surface area contributed by atoms with Crippen LogP contribution < -0.4 is 10.1 Å². The van der Waals surface area contributed by atoms with E-state index < -0.39 is 5.54 Å². The highest BCUT2D eigenvalue weighted by atomic mass is 16.5. The summed E-state index contributed by atoms with van der Waals surface area (Å²) < 4.78 is 5.67. The average molecular weight is 329 g/mol. The van der Waals surface area contributed by atoms with E-state index in [1.807, 2.05) is 0 Å². The van der Waals surface area contributed by atoms with Crippen LogP contribution in [0.5, 0.6) is 5.75 Å². The number of nitrogens with one attached hydrogen (secondary N) is 1. The molecular weight excluding hydrogens is 306 g/mol. The molecule has 6 nitrogen and oxygen atoms in total. The minimum Gasteiger partial charge on any atom is -0.493 e. The Morgan fingerprint density at radius 2 is 2.00 bits per heavy atom. The number of carbonyl (C=O) groups excluding carboxylic acids is 2. The molecule has 3 amide bonds. The van der Waals surface area contributed by atoms with Crippen molar-refractivity contribution in [1.82, 2.24) is 15.1 Å². The Bertz CT molecular complexity index is 695. The molecule has 1 spiro atoms. The first-order valence-corrected chi connectivity index (χ1v) is 8.60. The lowest BCUT2D eigenvalue weighted by atomic mass is 9.86. The van der Waals surface area contributed by atoms with Gasteiger partial charge in [0, 0.05) is 32.6 Å². The van der Waals surface area contributed by atoms with Gasteiger partial charge >= 0.3 is 6.03 Å². The van der Waals surface area contributed by atoms with Crippen molar-refractivity contribution in [3.8, 4) is 5.75 Å². The number of urea groups is 1. The van der Waals surface area contributed by atoms with E-state index in [4.69, 9.17) is 4.74 Å². The molecule has 24 heavy (non-hydrogen) atoms. The maximum Gasteiger partial charge on any atom is 0.324 e. The second-order valence-electron chi connectivity index (χ2n) is 7.05. The summed E-state index contributed by atoms with van der Waals surface area (Å²) in [6.45, 7) is 4.54. The average Bonchev–Trinajstić information content (AvgIpc) is 3.14. The number of carbonyl (C=O) groups is 2. The zero-order valence-corrected chi connectivity index (χ0v) is 14.2. The number of nitrogens with zero attached hydrogens (tertiary/aromatic N) is 2. The van der Waals surface area contributed by atoms with E-state index in [0.29, 0.717) is 12.8 Å². The molecule has 0 radical (unpaired) electrons. The van der Waals surface area contributed by atoms with Gasteiger partial charge in [-0.25, -0.2) is 4.79 Å². The van der Waals surface area contributed by atoms with Crippen molar-refractivity contribution >= 4 is 11.9 Å². The maximum atomic E-state index is 12.4. The zero-order valence-electron chi connectivity index (χ0n) is 14.2. The van der Waals surface area contributed by atoms with Gasteiger partial charge in [-0.05, 0) is 37.0 Å². The Hall–Kier alpha value is -2.08. The van der Waals surface area contributed by atoms with Gasteiger partial charge in [0.2, 0.25) is 0 Å². The van der Waals surface area contributed by atoms with Gasteiger partial charge in [0.05, 0.1) is 6.61 Å². The van der Waals surface area contributed by atoms with Crippen LogP contribution in [0.1, 0.15) is 36.9 Å². The fourth-order valence-electron chi connectivity index (χ4n) is 4.04. The second kappa shape index (κ2) is 5.48. The number of hydrogen-bond donors (Lipinski definition) is 1. The number of fused-ring (bicyclic) bond motifs is 1. The molecule has 3 heterocycles. The summed E-state index contributed by atoms with van der Waals surface area (Å²) in [6, 6.07) is 6.47. The molecule has 2 saturated heterocycles. The van der Waals surface area contributed by atoms with Crippen molar-refractivity contribution in [3.05, 3.63) is 29.3 Å². The maximum absolute atomic E-state index is 12.4. The first kappa shape index (κ1) is 15.4. The SMILES string of the molecule is C[C@@H](c1ccc2c(c1)OCC2)N1CCC2(CC1)NC(=O)N(C)C2=O. The topological polar surface area (TPSA) is 61.9 Å². The lowest BCUT2D eigenvalue weighted by Crippen LogP contribution is -2.55. The smallest absolute Gasteiger partial charge is 0.324 e. The number of piperidine rings is 1. The van der Waals surface area contributed by atoms with Gasteiger partial charge in [0.25, 0.3) is 5.91 Å². The van der Waals surface area contributed by atoms with E-state index in [0.717, 1.165) is 31.9 Å². The number of ether oxygens (including phenoxy) is 1. The Labute approximate surface area is 141 Å². The number of imide groups is 1. The van der Waals surface area contributed by atoms with Crippen LogP contribution in [0.4, 0.5) is 4.79 Å². The van der Waals surface area contributed by atoms with Crippen LogP contribution in [-0.2, 0) is 11.2 Å². The van der Waals surface area contributed by atoms with E-state index >= 15 is 0 Å². The van der Waals surface area contributed by atoms with Crippen LogP contribution in [0.3, 0.4) is 0 Å². The van der Waals surface area contributed by atoms with Crippen LogP contribution in [-0.4, -0.2) is 54.0 Å². The Kier molecular flexibility index (Phi) is 3.53. The van der Waals surface area contributed by atoms with Gasteiger partial charge in [-0.2, -0.15) is 0 Å². The number of rotatable bonds is 2. The normalized spacial score (nSPS) is 24.0. The van der Waals surface area contributed by atoms with Gasteiger partial charge in [-0.1, -0.05) is 12.1 Å². The number of likely N-dealkylation sites (tertiary alicyclic amines) is 1. The largest absolute Gasteiger partial charge is 0.493 e. The molecule has 4 rings (SSSR count). The first-order valence-electron chi connectivity index (χ1n) is 8.60.